The number of carbonyl (C=O) groups is 3. The topological polar surface area (TPSA) is 75.7 Å². The van der Waals surface area contributed by atoms with Crippen LogP contribution >= 0.6 is 15.9 Å². The van der Waals surface area contributed by atoms with Gasteiger partial charge >= 0.3 is 6.03 Å². The van der Waals surface area contributed by atoms with Crippen molar-refractivity contribution >= 4 is 56.3 Å². The van der Waals surface area contributed by atoms with Gasteiger partial charge in [0.15, 0.2) is 0 Å². The number of anilines is 1. The Labute approximate surface area is 220 Å². The molecule has 0 radical (unpaired) electrons. The number of urea groups is 1. The zero-order valence-electron chi connectivity index (χ0n) is 19.6. The summed E-state index contributed by atoms with van der Waals surface area (Å²) in [5.41, 5.74) is 1.94. The van der Waals surface area contributed by atoms with Gasteiger partial charge in [-0.25, -0.2) is 14.1 Å². The third-order valence-electron chi connectivity index (χ3n) is 6.11. The monoisotopic (exact) mass is 558 g/mol. The van der Waals surface area contributed by atoms with Gasteiger partial charge in [0.2, 0.25) is 0 Å². The molecule has 6 nitrogen and oxygen atoms in total. The second-order valence-electron chi connectivity index (χ2n) is 8.46. The quantitative estimate of drug-likeness (QED) is 0.230. The van der Waals surface area contributed by atoms with Crippen LogP contribution in [0.3, 0.4) is 0 Å². The molecule has 4 aromatic carbocycles. The molecule has 1 N–H and O–H groups in total. The largest absolute Gasteiger partial charge is 0.488 e. The molecule has 0 bridgehead atoms. The number of carbonyl (C=O) groups excluding carboxylic acids is 3. The molecule has 4 aromatic rings. The molecule has 0 saturated carbocycles. The zero-order valence-corrected chi connectivity index (χ0v) is 21.2. The van der Waals surface area contributed by atoms with Crippen molar-refractivity contribution in [3.8, 4) is 5.75 Å². The second kappa shape index (κ2) is 9.99. The zero-order chi connectivity index (χ0) is 26.1. The van der Waals surface area contributed by atoms with E-state index in [9.17, 15) is 18.8 Å². The summed E-state index contributed by atoms with van der Waals surface area (Å²) in [6, 6.07) is 21.6. The first-order valence-corrected chi connectivity index (χ1v) is 12.2. The number of imide groups is 2. The van der Waals surface area contributed by atoms with Gasteiger partial charge in [-0.05, 0) is 59.7 Å². The Bertz CT molecular complexity index is 1620. The first-order chi connectivity index (χ1) is 17.8. The minimum Gasteiger partial charge on any atom is -0.488 e. The number of hydrogen-bond donors (Lipinski definition) is 1. The lowest BCUT2D eigenvalue weighted by Gasteiger charge is -2.26. The highest BCUT2D eigenvalue weighted by Crippen LogP contribution is 2.30. The van der Waals surface area contributed by atoms with E-state index in [4.69, 9.17) is 4.74 Å². The fraction of sp³-hybridized carbons (Fsp3) is 0.0690. The van der Waals surface area contributed by atoms with Gasteiger partial charge in [-0.3, -0.25) is 14.9 Å². The van der Waals surface area contributed by atoms with E-state index < -0.39 is 23.7 Å². The summed E-state index contributed by atoms with van der Waals surface area (Å²) in [4.78, 5) is 38.9. The molecule has 1 saturated heterocycles. The molecule has 0 spiro atoms. The lowest BCUT2D eigenvalue weighted by molar-refractivity contribution is -0.122. The van der Waals surface area contributed by atoms with E-state index in [1.807, 2.05) is 37.3 Å². The standard InChI is InChI=1S/C29H20BrFN2O4/c1-17-10-11-18-6-2-3-7-21(18)23(17)16-37-26-13-12-20(30)14-19(26)15-22-27(34)32-29(36)33(28(22)35)25-9-5-4-8-24(25)31/h2-15H,16H2,1H3,(H,32,34,36)/b22-15-. The highest BCUT2D eigenvalue weighted by atomic mass is 79.9. The van der Waals surface area contributed by atoms with Crippen LogP contribution < -0.4 is 15.0 Å². The number of para-hydroxylation sites is 1. The highest BCUT2D eigenvalue weighted by molar-refractivity contribution is 9.10. The highest BCUT2D eigenvalue weighted by Gasteiger charge is 2.38. The van der Waals surface area contributed by atoms with Gasteiger partial charge in [-0.2, -0.15) is 0 Å². The lowest BCUT2D eigenvalue weighted by atomic mass is 10.0. The minimum atomic E-state index is -1.02. The SMILES string of the molecule is Cc1ccc2ccccc2c1COc1ccc(Br)cc1/C=C1/C(=O)NC(=O)N(c2ccccc2F)C1=O. The van der Waals surface area contributed by atoms with E-state index in [0.29, 0.717) is 20.7 Å². The summed E-state index contributed by atoms with van der Waals surface area (Å²) in [5, 5.41) is 4.27. The summed E-state index contributed by atoms with van der Waals surface area (Å²) < 4.78 is 21.3. The number of amides is 4. The summed E-state index contributed by atoms with van der Waals surface area (Å²) in [6.07, 6.45) is 1.34. The first-order valence-electron chi connectivity index (χ1n) is 11.4. The minimum absolute atomic E-state index is 0.249. The van der Waals surface area contributed by atoms with E-state index in [1.54, 1.807) is 18.2 Å². The lowest BCUT2D eigenvalue weighted by Crippen LogP contribution is -2.54. The van der Waals surface area contributed by atoms with Crippen LogP contribution in [0.15, 0.2) is 88.9 Å². The van der Waals surface area contributed by atoms with E-state index in [2.05, 4.69) is 27.3 Å². The van der Waals surface area contributed by atoms with Crippen LogP contribution in [0.5, 0.6) is 5.75 Å². The molecule has 0 aromatic heterocycles. The smallest absolute Gasteiger partial charge is 0.336 e. The van der Waals surface area contributed by atoms with Gasteiger partial charge in [0, 0.05) is 15.6 Å². The summed E-state index contributed by atoms with van der Waals surface area (Å²) in [7, 11) is 0. The molecular weight excluding hydrogens is 539 g/mol. The summed E-state index contributed by atoms with van der Waals surface area (Å²) in [5.74, 6) is -2.15. The van der Waals surface area contributed by atoms with Crippen molar-refractivity contribution in [2.75, 3.05) is 4.90 Å². The summed E-state index contributed by atoms with van der Waals surface area (Å²) in [6.45, 7) is 2.26. The molecule has 0 atom stereocenters. The second-order valence-corrected chi connectivity index (χ2v) is 9.38. The first kappa shape index (κ1) is 24.4. The normalized spacial score (nSPS) is 14.8. The van der Waals surface area contributed by atoms with Crippen LogP contribution in [0.4, 0.5) is 14.9 Å². The molecule has 1 heterocycles. The summed E-state index contributed by atoms with van der Waals surface area (Å²) >= 11 is 3.41. The predicted molar refractivity (Wildman–Crippen MR) is 143 cm³/mol. The fourth-order valence-electron chi connectivity index (χ4n) is 4.21. The van der Waals surface area contributed by atoms with Crippen molar-refractivity contribution < 1.29 is 23.5 Å². The van der Waals surface area contributed by atoms with Crippen molar-refractivity contribution in [1.82, 2.24) is 5.32 Å². The Morgan fingerprint density at radius 1 is 0.973 bits per heavy atom. The van der Waals surface area contributed by atoms with Crippen molar-refractivity contribution in [3.05, 3.63) is 111 Å². The van der Waals surface area contributed by atoms with Crippen molar-refractivity contribution in [2.45, 2.75) is 13.5 Å². The molecular formula is C29H20BrFN2O4. The maximum Gasteiger partial charge on any atom is 0.336 e. The van der Waals surface area contributed by atoms with Gasteiger partial charge in [0.1, 0.15) is 23.7 Å². The van der Waals surface area contributed by atoms with Gasteiger partial charge < -0.3 is 4.74 Å². The maximum absolute atomic E-state index is 14.4. The van der Waals surface area contributed by atoms with Crippen molar-refractivity contribution in [2.24, 2.45) is 0 Å². The molecule has 8 heteroatoms. The number of halogens is 2. The third kappa shape index (κ3) is 4.75. The Balaban J connectivity index is 1.51. The van der Waals surface area contributed by atoms with E-state index in [-0.39, 0.29) is 17.9 Å². The van der Waals surface area contributed by atoms with E-state index >= 15 is 0 Å². The number of nitrogens with zero attached hydrogens (tertiary/aromatic N) is 1. The van der Waals surface area contributed by atoms with Gasteiger partial charge in [0.25, 0.3) is 11.8 Å². The Morgan fingerprint density at radius 2 is 1.73 bits per heavy atom. The maximum atomic E-state index is 14.4. The van der Waals surface area contributed by atoms with Crippen LogP contribution in [0, 0.1) is 12.7 Å². The fourth-order valence-corrected chi connectivity index (χ4v) is 4.59. The number of hydrogen-bond acceptors (Lipinski definition) is 4. The molecule has 1 fully saturated rings. The van der Waals surface area contributed by atoms with Crippen LogP contribution in [-0.4, -0.2) is 17.8 Å². The number of nitrogens with one attached hydrogen (secondary N) is 1. The number of fused-ring (bicyclic) bond motifs is 1. The number of ether oxygens (including phenoxy) is 1. The van der Waals surface area contributed by atoms with Crippen LogP contribution in [0.2, 0.25) is 0 Å². The third-order valence-corrected chi connectivity index (χ3v) is 6.61. The van der Waals surface area contributed by atoms with Gasteiger partial charge in [0.05, 0.1) is 5.69 Å². The van der Waals surface area contributed by atoms with E-state index in [0.717, 1.165) is 28.0 Å². The molecule has 4 amide bonds. The molecule has 0 unspecified atom stereocenters. The number of benzene rings is 4. The molecule has 0 aliphatic carbocycles. The van der Waals surface area contributed by atoms with Crippen molar-refractivity contribution in [1.29, 1.82) is 0 Å². The average molecular weight is 559 g/mol. The van der Waals surface area contributed by atoms with Crippen LogP contribution in [0.25, 0.3) is 16.8 Å². The van der Waals surface area contributed by atoms with Gasteiger partial charge in [-0.1, -0.05) is 64.5 Å². The molecule has 1 aliphatic rings. The molecule has 5 rings (SSSR count). The Hall–Kier alpha value is -4.30. The predicted octanol–water partition coefficient (Wildman–Crippen LogP) is 6.30. The van der Waals surface area contributed by atoms with E-state index in [1.165, 1.54) is 24.3 Å². The van der Waals surface area contributed by atoms with Crippen LogP contribution in [-0.2, 0) is 16.2 Å². The molecule has 1 aliphatic heterocycles. The molecule has 37 heavy (non-hydrogen) atoms. The Morgan fingerprint density at radius 3 is 2.54 bits per heavy atom. The number of aryl methyl sites for hydroxylation is 1. The Kier molecular flexibility index (Phi) is 6.58. The number of rotatable bonds is 5. The van der Waals surface area contributed by atoms with Crippen molar-refractivity contribution in [3.63, 3.8) is 0 Å². The number of barbiturate groups is 1. The molecule has 184 valence electrons. The van der Waals surface area contributed by atoms with Gasteiger partial charge in [-0.15, -0.1) is 0 Å². The average Bonchev–Trinajstić information content (AvgIpc) is 2.88. The van der Waals surface area contributed by atoms with Crippen LogP contribution in [0.1, 0.15) is 16.7 Å².